The molecule has 0 radical (unpaired) electrons. The number of nitriles is 1. The van der Waals surface area contributed by atoms with Gasteiger partial charge in [-0.2, -0.15) is 5.26 Å². The highest BCUT2D eigenvalue weighted by Crippen LogP contribution is 2.46. The summed E-state index contributed by atoms with van der Waals surface area (Å²) in [5.41, 5.74) is 1.27. The maximum absolute atomic E-state index is 13.5. The van der Waals surface area contributed by atoms with Gasteiger partial charge in [0.15, 0.2) is 0 Å². The summed E-state index contributed by atoms with van der Waals surface area (Å²) in [6.45, 7) is 2.23. The van der Waals surface area contributed by atoms with Gasteiger partial charge >= 0.3 is 0 Å². The highest BCUT2D eigenvalue weighted by atomic mass is 16.5. The van der Waals surface area contributed by atoms with Gasteiger partial charge in [-0.3, -0.25) is 9.59 Å². The molecule has 158 valence electrons. The third-order valence-electron chi connectivity index (χ3n) is 6.61. The maximum atomic E-state index is 13.5. The normalized spacial score (nSPS) is 21.4. The van der Waals surface area contributed by atoms with Crippen molar-refractivity contribution in [2.75, 3.05) is 13.7 Å². The molecule has 2 aliphatic rings. The molecule has 2 heterocycles. The number of benzene rings is 1. The minimum atomic E-state index is -0.588. The number of H-pyrrole nitrogens is 1. The summed E-state index contributed by atoms with van der Waals surface area (Å²) in [7, 11) is 1.60. The predicted molar refractivity (Wildman–Crippen MR) is 113 cm³/mol. The summed E-state index contributed by atoms with van der Waals surface area (Å²) in [4.78, 5) is 31.4. The van der Waals surface area contributed by atoms with Gasteiger partial charge in [-0.05, 0) is 49.8 Å². The molecule has 1 saturated heterocycles. The number of carbonyl (C=O) groups excluding carboxylic acids is 2. The molecule has 1 aliphatic heterocycles. The van der Waals surface area contributed by atoms with Crippen LogP contribution in [0.4, 0.5) is 0 Å². The Morgan fingerprint density at radius 1 is 1.33 bits per heavy atom. The molecule has 2 fully saturated rings. The fourth-order valence-corrected chi connectivity index (χ4v) is 5.09. The van der Waals surface area contributed by atoms with Crippen molar-refractivity contribution in [2.45, 2.75) is 57.5 Å². The zero-order valence-electron chi connectivity index (χ0n) is 17.5. The van der Waals surface area contributed by atoms with E-state index in [0.717, 1.165) is 36.6 Å². The Kier molecular flexibility index (Phi) is 5.42. The third-order valence-corrected chi connectivity index (χ3v) is 6.61. The second-order valence-corrected chi connectivity index (χ2v) is 8.68. The van der Waals surface area contributed by atoms with Gasteiger partial charge in [-0.1, -0.05) is 25.3 Å². The van der Waals surface area contributed by atoms with E-state index in [4.69, 9.17) is 10.00 Å². The molecule has 1 saturated carbocycles. The van der Waals surface area contributed by atoms with Gasteiger partial charge in [0.25, 0.3) is 5.91 Å². The number of fused-ring (bicyclic) bond motifs is 1. The van der Waals surface area contributed by atoms with Crippen LogP contribution < -0.4 is 10.1 Å². The monoisotopic (exact) mass is 408 g/mol. The third kappa shape index (κ3) is 3.62. The number of hydrogen-bond acceptors (Lipinski definition) is 4. The summed E-state index contributed by atoms with van der Waals surface area (Å²) in [6.07, 6.45) is 6.21. The van der Waals surface area contributed by atoms with Crippen LogP contribution in [0.15, 0.2) is 24.3 Å². The van der Waals surface area contributed by atoms with Crippen molar-refractivity contribution >= 4 is 22.7 Å². The largest absolute Gasteiger partial charge is 0.496 e. The van der Waals surface area contributed by atoms with Crippen molar-refractivity contribution in [3.8, 4) is 11.8 Å². The number of aromatic amines is 1. The molecule has 1 aromatic carbocycles. The second-order valence-electron chi connectivity index (χ2n) is 8.68. The molecule has 2 unspecified atom stereocenters. The summed E-state index contributed by atoms with van der Waals surface area (Å²) in [6, 6.07) is 8.33. The first-order chi connectivity index (χ1) is 14.5. The number of amides is 2. The van der Waals surface area contributed by atoms with Gasteiger partial charge < -0.3 is 19.9 Å². The molecular weight excluding hydrogens is 380 g/mol. The number of hydrogen-bond donors (Lipinski definition) is 2. The Morgan fingerprint density at radius 3 is 2.80 bits per heavy atom. The van der Waals surface area contributed by atoms with Crippen LogP contribution in [0.2, 0.25) is 0 Å². The molecule has 2 amide bonds. The Hall–Kier alpha value is -3.01. The van der Waals surface area contributed by atoms with E-state index in [9.17, 15) is 9.59 Å². The molecule has 1 aromatic heterocycles. The van der Waals surface area contributed by atoms with Crippen LogP contribution in [0.5, 0.6) is 5.75 Å². The molecular formula is C23H28N4O3. The number of rotatable bonds is 4. The number of nitrogens with one attached hydrogen (secondary N) is 2. The maximum Gasteiger partial charge on any atom is 0.271 e. The topological polar surface area (TPSA) is 98.2 Å². The second kappa shape index (κ2) is 8.02. The minimum Gasteiger partial charge on any atom is -0.496 e. The van der Waals surface area contributed by atoms with Crippen LogP contribution >= 0.6 is 0 Å². The quantitative estimate of drug-likeness (QED) is 0.810. The number of carbonyl (C=O) groups is 2. The highest BCUT2D eigenvalue weighted by molar-refractivity contribution is 6.01. The Morgan fingerprint density at radius 2 is 2.10 bits per heavy atom. The number of likely N-dealkylation sites (tertiary alicyclic amines) is 1. The van der Waals surface area contributed by atoms with E-state index in [0.29, 0.717) is 24.4 Å². The lowest BCUT2D eigenvalue weighted by atomic mass is 9.72. The SMILES string of the molecule is COc1cccc2[nH]c(C(=O)N3CC4(CCCCC4)CC3C(=O)NC(C)C#N)cc12. The summed E-state index contributed by atoms with van der Waals surface area (Å²) in [5.74, 6) is 0.277. The van der Waals surface area contributed by atoms with Crippen LogP contribution in [-0.4, -0.2) is 47.4 Å². The Labute approximate surface area is 176 Å². The van der Waals surface area contributed by atoms with Gasteiger partial charge in [0.1, 0.15) is 23.5 Å². The van der Waals surface area contributed by atoms with Gasteiger partial charge in [-0.15, -0.1) is 0 Å². The molecule has 7 heteroatoms. The molecule has 0 bridgehead atoms. The number of nitrogens with zero attached hydrogens (tertiary/aromatic N) is 2. The summed E-state index contributed by atoms with van der Waals surface area (Å²) < 4.78 is 5.41. The summed E-state index contributed by atoms with van der Waals surface area (Å²) >= 11 is 0. The van der Waals surface area contributed by atoms with E-state index >= 15 is 0 Å². The molecule has 4 rings (SSSR count). The van der Waals surface area contributed by atoms with E-state index in [-0.39, 0.29) is 17.2 Å². The first-order valence-electron chi connectivity index (χ1n) is 10.6. The average molecular weight is 409 g/mol. The Bertz CT molecular complexity index is 1000. The molecule has 1 aliphatic carbocycles. The highest BCUT2D eigenvalue weighted by Gasteiger charge is 2.49. The van der Waals surface area contributed by atoms with Gasteiger partial charge in [-0.25, -0.2) is 0 Å². The molecule has 30 heavy (non-hydrogen) atoms. The van der Waals surface area contributed by atoms with Crippen molar-refractivity contribution in [2.24, 2.45) is 5.41 Å². The number of aromatic nitrogens is 1. The van der Waals surface area contributed by atoms with E-state index in [1.807, 2.05) is 24.3 Å². The zero-order valence-corrected chi connectivity index (χ0v) is 17.5. The van der Waals surface area contributed by atoms with Crippen molar-refractivity contribution in [3.63, 3.8) is 0 Å². The van der Waals surface area contributed by atoms with Crippen LogP contribution in [-0.2, 0) is 4.79 Å². The van der Waals surface area contributed by atoms with Gasteiger partial charge in [0.05, 0.1) is 13.2 Å². The first kappa shape index (κ1) is 20.3. The van der Waals surface area contributed by atoms with Gasteiger partial charge in [0, 0.05) is 17.4 Å². The van der Waals surface area contributed by atoms with Gasteiger partial charge in [0.2, 0.25) is 5.91 Å². The zero-order chi connectivity index (χ0) is 21.3. The summed E-state index contributed by atoms with van der Waals surface area (Å²) in [5, 5.41) is 12.7. The first-order valence-corrected chi connectivity index (χ1v) is 10.6. The predicted octanol–water partition coefficient (Wildman–Crippen LogP) is 3.37. The lowest BCUT2D eigenvalue weighted by molar-refractivity contribution is -0.125. The lowest BCUT2D eigenvalue weighted by Crippen LogP contribution is -2.48. The van der Waals surface area contributed by atoms with Crippen molar-refractivity contribution in [1.29, 1.82) is 5.26 Å². The molecule has 2 aromatic rings. The van der Waals surface area contributed by atoms with E-state index in [1.165, 1.54) is 6.42 Å². The van der Waals surface area contributed by atoms with Crippen LogP contribution in [0.1, 0.15) is 55.9 Å². The van der Waals surface area contributed by atoms with Crippen LogP contribution in [0, 0.1) is 16.7 Å². The lowest BCUT2D eigenvalue weighted by Gasteiger charge is -2.32. The Balaban J connectivity index is 1.65. The average Bonchev–Trinajstić information content (AvgIpc) is 3.35. The van der Waals surface area contributed by atoms with E-state index < -0.39 is 12.1 Å². The number of methoxy groups -OCH3 is 1. The van der Waals surface area contributed by atoms with Crippen LogP contribution in [0.25, 0.3) is 10.9 Å². The molecule has 2 atom stereocenters. The molecule has 7 nitrogen and oxygen atoms in total. The van der Waals surface area contributed by atoms with Crippen LogP contribution in [0.3, 0.4) is 0 Å². The van der Waals surface area contributed by atoms with E-state index in [1.54, 1.807) is 25.0 Å². The van der Waals surface area contributed by atoms with Crippen molar-refractivity contribution in [1.82, 2.24) is 15.2 Å². The minimum absolute atomic E-state index is 0.00446. The number of ether oxygens (including phenoxy) is 1. The van der Waals surface area contributed by atoms with Crippen molar-refractivity contribution in [3.05, 3.63) is 30.0 Å². The van der Waals surface area contributed by atoms with Crippen molar-refractivity contribution < 1.29 is 14.3 Å². The standard InChI is InChI=1S/C23H28N4O3/c1-15(13-24)25-21(28)19-12-23(9-4-3-5-10-23)14-27(19)22(29)18-11-16-17(26-18)7-6-8-20(16)30-2/h6-8,11,15,19,26H,3-5,9-10,12,14H2,1-2H3,(H,25,28). The molecule has 2 N–H and O–H groups in total. The van der Waals surface area contributed by atoms with E-state index in [2.05, 4.69) is 10.3 Å². The molecule has 1 spiro atoms. The fraction of sp³-hybridized carbons (Fsp3) is 0.522. The fourth-order valence-electron chi connectivity index (χ4n) is 5.09. The smallest absolute Gasteiger partial charge is 0.271 e.